The van der Waals surface area contributed by atoms with E-state index in [2.05, 4.69) is 10.4 Å². The molecule has 1 N–H and O–H groups in total. The fraction of sp³-hybridized carbons (Fsp3) is 0.273. The molecular weight excluding hydrogens is 539 g/mol. The van der Waals surface area contributed by atoms with Gasteiger partial charge in [-0.1, -0.05) is 23.2 Å². The van der Waals surface area contributed by atoms with Crippen LogP contribution < -0.4 is 10.1 Å². The van der Waals surface area contributed by atoms with Gasteiger partial charge in [0.05, 0.1) is 5.69 Å². The first-order chi connectivity index (χ1) is 16.8. The van der Waals surface area contributed by atoms with Gasteiger partial charge in [-0.15, -0.1) is 0 Å². The van der Waals surface area contributed by atoms with Crippen LogP contribution in [-0.4, -0.2) is 28.1 Å². The minimum absolute atomic E-state index is 0.0665. The molecule has 2 aromatic carbocycles. The molecule has 2 atom stereocenters. The average molecular weight is 554 g/mol. The quantitative estimate of drug-likeness (QED) is 0.355. The Labute approximate surface area is 209 Å². The molecule has 36 heavy (non-hydrogen) atoms. The van der Waals surface area contributed by atoms with E-state index in [4.69, 9.17) is 32.7 Å². The summed E-state index contributed by atoms with van der Waals surface area (Å²) in [4.78, 5) is 12.5. The predicted molar refractivity (Wildman–Crippen MR) is 117 cm³/mol. The molecule has 0 saturated carbocycles. The van der Waals surface area contributed by atoms with Crippen LogP contribution in [0.25, 0.3) is 5.69 Å². The third kappa shape index (κ3) is 6.05. The van der Waals surface area contributed by atoms with Crippen molar-refractivity contribution in [3.63, 3.8) is 0 Å². The molecule has 6 nitrogen and oxygen atoms in total. The Morgan fingerprint density at radius 2 is 1.61 bits per heavy atom. The van der Waals surface area contributed by atoms with Gasteiger partial charge in [-0.3, -0.25) is 4.79 Å². The predicted octanol–water partition coefficient (Wildman–Crippen LogP) is 6.74. The van der Waals surface area contributed by atoms with Crippen LogP contribution in [0.3, 0.4) is 0 Å². The topological polar surface area (TPSA) is 65.4 Å². The first kappa shape index (κ1) is 26.1. The number of hydrogen-bond donors (Lipinski definition) is 1. The summed E-state index contributed by atoms with van der Waals surface area (Å²) in [7, 11) is 0. The van der Waals surface area contributed by atoms with Crippen LogP contribution in [0.1, 0.15) is 24.2 Å². The summed E-state index contributed by atoms with van der Waals surface area (Å²) in [5, 5.41) is 6.33. The van der Waals surface area contributed by atoms with E-state index < -0.39 is 42.0 Å². The molecule has 1 fully saturated rings. The van der Waals surface area contributed by atoms with E-state index in [1.54, 1.807) is 0 Å². The molecule has 14 heteroatoms. The van der Waals surface area contributed by atoms with Crippen molar-refractivity contribution in [2.45, 2.75) is 37.6 Å². The summed E-state index contributed by atoms with van der Waals surface area (Å²) >= 11 is 11.9. The molecular formula is C22H15Cl2F6N3O3. The highest BCUT2D eigenvalue weighted by atomic mass is 35.5. The van der Waals surface area contributed by atoms with Gasteiger partial charge in [0.15, 0.2) is 5.69 Å². The zero-order chi connectivity index (χ0) is 26.3. The molecule has 3 aromatic rings. The lowest BCUT2D eigenvalue weighted by molar-refractivity contribution is -0.143. The molecule has 1 aromatic heterocycles. The van der Waals surface area contributed by atoms with Gasteiger partial charge in [-0.25, -0.2) is 4.68 Å². The van der Waals surface area contributed by atoms with Gasteiger partial charge in [0.1, 0.15) is 17.5 Å². The molecule has 0 aliphatic carbocycles. The number of halogens is 8. The Morgan fingerprint density at radius 1 is 0.972 bits per heavy atom. The Bertz CT molecular complexity index is 1240. The Kier molecular flexibility index (Phi) is 7.13. The minimum atomic E-state index is -5.07. The first-order valence-corrected chi connectivity index (χ1v) is 11.0. The molecule has 0 radical (unpaired) electrons. The first-order valence-electron chi connectivity index (χ1n) is 10.2. The second-order valence-electron chi connectivity index (χ2n) is 7.71. The van der Waals surface area contributed by atoms with Crippen LogP contribution in [0.2, 0.25) is 10.0 Å². The summed E-state index contributed by atoms with van der Waals surface area (Å²) in [6.45, 7) is 0. The van der Waals surface area contributed by atoms with E-state index in [-0.39, 0.29) is 22.1 Å². The molecule has 4 rings (SSSR count). The molecule has 0 bridgehead atoms. The van der Waals surface area contributed by atoms with Crippen LogP contribution in [0.15, 0.2) is 48.5 Å². The molecule has 0 spiro atoms. The van der Waals surface area contributed by atoms with Gasteiger partial charge in [-0.2, -0.15) is 31.4 Å². The Morgan fingerprint density at radius 3 is 2.19 bits per heavy atom. The van der Waals surface area contributed by atoms with Crippen molar-refractivity contribution in [2.24, 2.45) is 0 Å². The third-order valence-corrected chi connectivity index (χ3v) is 5.48. The second kappa shape index (κ2) is 9.83. The van der Waals surface area contributed by atoms with Gasteiger partial charge in [0.2, 0.25) is 6.29 Å². The third-order valence-electron chi connectivity index (χ3n) is 5.05. The number of rotatable bonds is 5. The smallest absolute Gasteiger partial charge is 0.435 e. The summed E-state index contributed by atoms with van der Waals surface area (Å²) in [6.07, 6.45) is -11.0. The molecule has 1 aliphatic rings. The van der Waals surface area contributed by atoms with Crippen molar-refractivity contribution in [1.82, 2.24) is 9.78 Å². The highest BCUT2D eigenvalue weighted by Gasteiger charge is 2.42. The Balaban J connectivity index is 1.42. The molecule has 1 amide bonds. The lowest BCUT2D eigenvalue weighted by Gasteiger charge is -2.16. The fourth-order valence-corrected chi connectivity index (χ4v) is 3.97. The second-order valence-corrected chi connectivity index (χ2v) is 8.59. The molecule has 192 valence electrons. The van der Waals surface area contributed by atoms with Crippen molar-refractivity contribution in [1.29, 1.82) is 0 Å². The summed E-state index contributed by atoms with van der Waals surface area (Å²) in [5.41, 5.74) is -3.35. The standard InChI is InChI=1S/C22H15Cl2F6N3O3/c23-11-7-12(24)9-15(8-11)35-19-6-5-16(36-19)20(34)31-13-1-3-14(4-2-13)33-18(22(28,29)30)10-17(32-33)21(25,26)27/h1-4,7-10,16,19H,5-6H2,(H,31,34). The van der Waals surface area contributed by atoms with E-state index in [0.29, 0.717) is 28.6 Å². The number of nitrogens with one attached hydrogen (secondary N) is 1. The van der Waals surface area contributed by atoms with Crippen LogP contribution >= 0.6 is 23.2 Å². The molecule has 2 unspecified atom stereocenters. The maximum Gasteiger partial charge on any atom is 0.435 e. The summed E-state index contributed by atoms with van der Waals surface area (Å²) in [6, 6.07) is 9.20. The van der Waals surface area contributed by atoms with Crippen molar-refractivity contribution < 1.29 is 40.6 Å². The van der Waals surface area contributed by atoms with Gasteiger partial charge in [-0.05, 0) is 48.9 Å². The number of alkyl halides is 6. The average Bonchev–Trinajstić information content (AvgIpc) is 3.41. The monoisotopic (exact) mass is 553 g/mol. The number of carbonyl (C=O) groups excluding carboxylic acids is 1. The molecule has 2 heterocycles. The van der Waals surface area contributed by atoms with Crippen LogP contribution in [-0.2, 0) is 21.9 Å². The largest absolute Gasteiger partial charge is 0.465 e. The zero-order valence-electron chi connectivity index (χ0n) is 17.8. The van der Waals surface area contributed by atoms with Crippen LogP contribution in [0.4, 0.5) is 32.0 Å². The number of anilines is 1. The maximum atomic E-state index is 13.2. The van der Waals surface area contributed by atoms with Gasteiger partial charge in [0.25, 0.3) is 5.91 Å². The number of aromatic nitrogens is 2. The number of carbonyl (C=O) groups is 1. The van der Waals surface area contributed by atoms with E-state index in [9.17, 15) is 31.1 Å². The fourth-order valence-electron chi connectivity index (χ4n) is 3.46. The molecule has 1 saturated heterocycles. The van der Waals surface area contributed by atoms with Gasteiger partial charge < -0.3 is 14.8 Å². The SMILES string of the molecule is O=C(Nc1ccc(-n2nc(C(F)(F)F)cc2C(F)(F)F)cc1)C1CCC(Oc2cc(Cl)cc(Cl)c2)O1. The van der Waals surface area contributed by atoms with Gasteiger partial charge >= 0.3 is 12.4 Å². The van der Waals surface area contributed by atoms with Crippen molar-refractivity contribution in [3.8, 4) is 11.4 Å². The van der Waals surface area contributed by atoms with Crippen LogP contribution in [0, 0.1) is 0 Å². The minimum Gasteiger partial charge on any atom is -0.465 e. The van der Waals surface area contributed by atoms with E-state index in [0.717, 1.165) is 12.1 Å². The normalized spacial score (nSPS) is 18.3. The Hall–Kier alpha value is -2.96. The number of hydrogen-bond acceptors (Lipinski definition) is 4. The summed E-state index contributed by atoms with van der Waals surface area (Å²) < 4.78 is 89.8. The van der Waals surface area contributed by atoms with E-state index in [1.165, 1.54) is 30.3 Å². The number of amides is 1. The number of benzene rings is 2. The van der Waals surface area contributed by atoms with E-state index in [1.807, 2.05) is 0 Å². The van der Waals surface area contributed by atoms with Crippen molar-refractivity contribution >= 4 is 34.8 Å². The van der Waals surface area contributed by atoms with Crippen molar-refractivity contribution in [3.05, 3.63) is 70.0 Å². The number of ether oxygens (including phenoxy) is 2. The van der Waals surface area contributed by atoms with E-state index >= 15 is 0 Å². The lowest BCUT2D eigenvalue weighted by atomic mass is 10.2. The lowest BCUT2D eigenvalue weighted by Crippen LogP contribution is -2.29. The van der Waals surface area contributed by atoms with Crippen molar-refractivity contribution in [2.75, 3.05) is 5.32 Å². The number of nitrogens with zero attached hydrogens (tertiary/aromatic N) is 2. The highest BCUT2D eigenvalue weighted by molar-refractivity contribution is 6.34. The zero-order valence-corrected chi connectivity index (χ0v) is 19.3. The van der Waals surface area contributed by atoms with Crippen LogP contribution in [0.5, 0.6) is 5.75 Å². The molecule has 1 aliphatic heterocycles. The van der Waals surface area contributed by atoms with Gasteiger partial charge in [0, 0.05) is 28.2 Å². The highest BCUT2D eigenvalue weighted by Crippen LogP contribution is 2.36. The maximum absolute atomic E-state index is 13.2. The summed E-state index contributed by atoms with van der Waals surface area (Å²) in [5.74, 6) is -0.174.